The van der Waals surface area contributed by atoms with Crippen LogP contribution in [0.3, 0.4) is 0 Å². The number of hydrogen-bond acceptors (Lipinski definition) is 1. The topological polar surface area (TPSA) is 17.0 Å². The van der Waals surface area contributed by atoms with Crippen LogP contribution in [0.15, 0.2) is 12.4 Å². The molecule has 0 aromatic carbocycles. The van der Waals surface area contributed by atoms with Crippen molar-refractivity contribution >= 4 is 0 Å². The monoisotopic (exact) mass is 262 g/mol. The molecule has 0 radical (unpaired) electrons. The lowest BCUT2D eigenvalue weighted by Crippen LogP contribution is -2.24. The Hall–Kier alpha value is -0.760. The van der Waals surface area contributed by atoms with Crippen molar-refractivity contribution in [2.24, 2.45) is 0 Å². The second-order valence-electron chi connectivity index (χ2n) is 5.94. The van der Waals surface area contributed by atoms with E-state index in [2.05, 4.69) is 36.1 Å². The van der Waals surface area contributed by atoms with E-state index in [4.69, 9.17) is 0 Å². The van der Waals surface area contributed by atoms with Crippen LogP contribution < -0.4 is 5.32 Å². The molecule has 1 aromatic heterocycles. The molecule has 108 valence electrons. The third-order valence-electron chi connectivity index (χ3n) is 4.22. The van der Waals surface area contributed by atoms with Gasteiger partial charge >= 0.3 is 0 Å². The summed E-state index contributed by atoms with van der Waals surface area (Å²) < 4.78 is 2.44. The van der Waals surface area contributed by atoms with Gasteiger partial charge in [-0.15, -0.1) is 0 Å². The van der Waals surface area contributed by atoms with E-state index in [9.17, 15) is 0 Å². The largest absolute Gasteiger partial charge is 0.354 e. The summed E-state index contributed by atoms with van der Waals surface area (Å²) in [4.78, 5) is 0. The first-order valence-electron chi connectivity index (χ1n) is 8.27. The van der Waals surface area contributed by atoms with Gasteiger partial charge in [-0.05, 0) is 49.8 Å². The lowest BCUT2D eigenvalue weighted by Gasteiger charge is -2.23. The standard InChI is InChI=1S/C17H30N2/c1-3-5-6-7-12-19-13-15-9-8-10-17(16(15)14-19)18-11-4-2/h13-14,17-18H,3-12H2,1-2H3. The third-order valence-corrected chi connectivity index (χ3v) is 4.22. The first kappa shape index (κ1) is 14.6. The molecule has 0 saturated heterocycles. The van der Waals surface area contributed by atoms with E-state index in [0.717, 1.165) is 6.54 Å². The van der Waals surface area contributed by atoms with Crippen molar-refractivity contribution in [2.75, 3.05) is 6.54 Å². The summed E-state index contributed by atoms with van der Waals surface area (Å²) in [7, 11) is 0. The zero-order valence-electron chi connectivity index (χ0n) is 12.8. The Kier molecular flexibility index (Phi) is 5.96. The second-order valence-corrected chi connectivity index (χ2v) is 5.94. The van der Waals surface area contributed by atoms with E-state index in [1.54, 1.807) is 11.1 Å². The molecule has 19 heavy (non-hydrogen) atoms. The predicted molar refractivity (Wildman–Crippen MR) is 82.5 cm³/mol. The highest BCUT2D eigenvalue weighted by atomic mass is 15.0. The highest BCUT2D eigenvalue weighted by molar-refractivity contribution is 5.30. The summed E-state index contributed by atoms with van der Waals surface area (Å²) in [5, 5.41) is 3.70. The summed E-state index contributed by atoms with van der Waals surface area (Å²) in [6.45, 7) is 6.87. The van der Waals surface area contributed by atoms with Gasteiger partial charge in [0.1, 0.15) is 0 Å². The molecule has 0 aliphatic heterocycles. The molecular formula is C17H30N2. The van der Waals surface area contributed by atoms with Crippen LogP contribution in [-0.4, -0.2) is 11.1 Å². The van der Waals surface area contributed by atoms with Crippen LogP contribution in [0.5, 0.6) is 0 Å². The molecule has 1 N–H and O–H groups in total. The van der Waals surface area contributed by atoms with Gasteiger partial charge in [-0.1, -0.05) is 33.1 Å². The number of rotatable bonds is 8. The van der Waals surface area contributed by atoms with Crippen LogP contribution in [0.4, 0.5) is 0 Å². The number of aromatic nitrogens is 1. The van der Waals surface area contributed by atoms with Gasteiger partial charge in [0, 0.05) is 25.0 Å². The van der Waals surface area contributed by atoms with Crippen molar-refractivity contribution in [3.8, 4) is 0 Å². The zero-order chi connectivity index (χ0) is 13.5. The van der Waals surface area contributed by atoms with E-state index >= 15 is 0 Å². The minimum Gasteiger partial charge on any atom is -0.354 e. The van der Waals surface area contributed by atoms with Crippen LogP contribution in [0.1, 0.15) is 76.0 Å². The first-order valence-corrected chi connectivity index (χ1v) is 8.27. The maximum atomic E-state index is 3.70. The SMILES string of the molecule is CCCCCCn1cc2c(c1)C(NCCC)CCC2. The Labute approximate surface area is 118 Å². The Morgan fingerprint density at radius 3 is 2.84 bits per heavy atom. The molecule has 1 aromatic rings. The van der Waals surface area contributed by atoms with Gasteiger partial charge < -0.3 is 9.88 Å². The van der Waals surface area contributed by atoms with E-state index in [-0.39, 0.29) is 0 Å². The number of unbranched alkanes of at least 4 members (excludes halogenated alkanes) is 3. The van der Waals surface area contributed by atoms with E-state index in [1.165, 1.54) is 57.9 Å². The lowest BCUT2D eigenvalue weighted by atomic mass is 9.91. The lowest BCUT2D eigenvalue weighted by molar-refractivity contribution is 0.461. The smallest absolute Gasteiger partial charge is 0.0338 e. The summed E-state index contributed by atoms with van der Waals surface area (Å²) in [6.07, 6.45) is 15.4. The quantitative estimate of drug-likeness (QED) is 0.685. The molecule has 0 bridgehead atoms. The van der Waals surface area contributed by atoms with Crippen LogP contribution in [0.2, 0.25) is 0 Å². The van der Waals surface area contributed by atoms with Crippen LogP contribution in [0, 0.1) is 0 Å². The Morgan fingerprint density at radius 2 is 2.05 bits per heavy atom. The molecule has 2 rings (SSSR count). The average Bonchev–Trinajstić information content (AvgIpc) is 2.84. The van der Waals surface area contributed by atoms with Crippen molar-refractivity contribution in [3.05, 3.63) is 23.5 Å². The van der Waals surface area contributed by atoms with Gasteiger partial charge in [0.2, 0.25) is 0 Å². The first-order chi connectivity index (χ1) is 9.35. The molecule has 0 spiro atoms. The molecule has 1 aliphatic carbocycles. The minimum absolute atomic E-state index is 0.612. The van der Waals surface area contributed by atoms with E-state index < -0.39 is 0 Å². The van der Waals surface area contributed by atoms with Crippen molar-refractivity contribution in [3.63, 3.8) is 0 Å². The Bertz CT molecular complexity index is 367. The van der Waals surface area contributed by atoms with Gasteiger partial charge in [0.05, 0.1) is 0 Å². The summed E-state index contributed by atoms with van der Waals surface area (Å²) in [5.74, 6) is 0. The van der Waals surface area contributed by atoms with Crippen LogP contribution in [0.25, 0.3) is 0 Å². The minimum atomic E-state index is 0.612. The van der Waals surface area contributed by atoms with Gasteiger partial charge in [0.25, 0.3) is 0 Å². The molecule has 1 atom stereocenters. The predicted octanol–water partition coefficient (Wildman–Crippen LogP) is 4.45. The fraction of sp³-hybridized carbons (Fsp3) is 0.765. The van der Waals surface area contributed by atoms with Crippen molar-refractivity contribution in [2.45, 2.75) is 77.8 Å². The van der Waals surface area contributed by atoms with Gasteiger partial charge in [-0.25, -0.2) is 0 Å². The normalized spacial score (nSPS) is 18.5. The molecule has 2 nitrogen and oxygen atoms in total. The summed E-state index contributed by atoms with van der Waals surface area (Å²) in [6, 6.07) is 0.612. The maximum Gasteiger partial charge on any atom is 0.0338 e. The van der Waals surface area contributed by atoms with Gasteiger partial charge in [0.15, 0.2) is 0 Å². The van der Waals surface area contributed by atoms with E-state index in [1.807, 2.05) is 0 Å². The average molecular weight is 262 g/mol. The highest BCUT2D eigenvalue weighted by Gasteiger charge is 2.21. The summed E-state index contributed by atoms with van der Waals surface area (Å²) in [5.41, 5.74) is 3.17. The number of nitrogens with one attached hydrogen (secondary N) is 1. The fourth-order valence-corrected chi connectivity index (χ4v) is 3.13. The molecule has 2 heteroatoms. The van der Waals surface area contributed by atoms with Crippen molar-refractivity contribution < 1.29 is 0 Å². The zero-order valence-corrected chi connectivity index (χ0v) is 12.8. The fourth-order valence-electron chi connectivity index (χ4n) is 3.13. The highest BCUT2D eigenvalue weighted by Crippen LogP contribution is 2.30. The molecular weight excluding hydrogens is 232 g/mol. The molecule has 0 fully saturated rings. The molecule has 1 unspecified atom stereocenters. The molecule has 1 aliphatic rings. The summed E-state index contributed by atoms with van der Waals surface area (Å²) >= 11 is 0. The van der Waals surface area contributed by atoms with E-state index in [0.29, 0.717) is 6.04 Å². The third kappa shape index (κ3) is 4.10. The van der Waals surface area contributed by atoms with Gasteiger partial charge in [-0.2, -0.15) is 0 Å². The Morgan fingerprint density at radius 1 is 1.16 bits per heavy atom. The van der Waals surface area contributed by atoms with Crippen molar-refractivity contribution in [1.29, 1.82) is 0 Å². The maximum absolute atomic E-state index is 3.70. The molecule has 1 heterocycles. The Balaban J connectivity index is 1.92. The number of hydrogen-bond donors (Lipinski definition) is 1. The molecule has 0 saturated carbocycles. The number of aryl methyl sites for hydroxylation is 2. The van der Waals surface area contributed by atoms with Crippen LogP contribution >= 0.6 is 0 Å². The molecule has 0 amide bonds. The number of nitrogens with zero attached hydrogens (tertiary/aromatic N) is 1. The number of fused-ring (bicyclic) bond motifs is 1. The van der Waals surface area contributed by atoms with Crippen molar-refractivity contribution in [1.82, 2.24) is 9.88 Å². The van der Waals surface area contributed by atoms with Crippen LogP contribution in [-0.2, 0) is 13.0 Å². The van der Waals surface area contributed by atoms with Gasteiger partial charge in [-0.3, -0.25) is 0 Å². The second kappa shape index (κ2) is 7.74.